The number of benzene rings is 2. The molecule has 2 aromatic carbocycles. The number of aryl methyl sites for hydroxylation is 2. The highest BCUT2D eigenvalue weighted by molar-refractivity contribution is 7.94. The Balaban J connectivity index is 0.000000876. The number of alkyl halides is 4. The molecule has 1 aromatic heterocycles. The van der Waals surface area contributed by atoms with Gasteiger partial charge in [-0.15, -0.1) is 11.6 Å². The van der Waals surface area contributed by atoms with Gasteiger partial charge in [0.05, 0.1) is 59.7 Å². The van der Waals surface area contributed by atoms with Crippen LogP contribution in [-0.2, 0) is 60.6 Å². The molecule has 1 amide bonds. The van der Waals surface area contributed by atoms with E-state index in [9.17, 15) is 46.6 Å². The second-order valence-electron chi connectivity index (χ2n) is 12.5. The summed E-state index contributed by atoms with van der Waals surface area (Å²) >= 11 is 11.6. The topological polar surface area (TPSA) is 210 Å². The first-order chi connectivity index (χ1) is 26.8. The van der Waals surface area contributed by atoms with Gasteiger partial charge >= 0.3 is 23.8 Å². The SMILES string of the molecule is CC(C)OC(=O)c1cc(-n2c(=O)cc(C(F)(F)F)n(C)c2=O)ccc1Cl.CCc1cccc(CC)c1N(COC)C(=O)CCl.C[S+](C)C.O=C(O)CNCP(=O)([O-])O. The average Bonchev–Trinajstić information content (AvgIpc) is 3.11. The van der Waals surface area contributed by atoms with Crippen LogP contribution < -0.4 is 26.4 Å². The average molecular weight is 906 g/mol. The Morgan fingerprint density at radius 1 is 1.05 bits per heavy atom. The number of carbonyl (C=O) groups excluding carboxylic acids is 2. The molecule has 0 aliphatic heterocycles. The zero-order valence-corrected chi connectivity index (χ0v) is 36.7. The van der Waals surface area contributed by atoms with Crippen molar-refractivity contribution < 1.29 is 56.5 Å². The molecule has 0 saturated carbocycles. The van der Waals surface area contributed by atoms with Crippen molar-refractivity contribution in [2.75, 3.05) is 56.2 Å². The fourth-order valence-electron chi connectivity index (χ4n) is 4.55. The lowest BCUT2D eigenvalue weighted by Gasteiger charge is -2.26. The summed E-state index contributed by atoms with van der Waals surface area (Å²) in [4.78, 5) is 77.8. The number of nitrogens with zero attached hydrogens (tertiary/aromatic N) is 3. The van der Waals surface area contributed by atoms with Gasteiger partial charge in [-0.05, 0) is 66.9 Å². The monoisotopic (exact) mass is 904 g/mol. The molecule has 15 nitrogen and oxygen atoms in total. The molecular weight excluding hydrogens is 855 g/mol. The number of carboxylic acid groups (broad SMARTS) is 1. The molecule has 1 heterocycles. The third kappa shape index (κ3) is 18.9. The molecule has 326 valence electrons. The number of rotatable bonds is 13. The lowest BCUT2D eigenvalue weighted by molar-refractivity contribution is -0.193. The lowest BCUT2D eigenvalue weighted by atomic mass is 10.0. The smallest absolute Gasteiger partial charge is 0.431 e. The summed E-state index contributed by atoms with van der Waals surface area (Å²) in [6.07, 6.45) is 2.32. The first-order valence-corrected chi connectivity index (χ1v) is 22.2. The minimum absolute atomic E-state index is 0.0104. The van der Waals surface area contributed by atoms with E-state index in [1.54, 1.807) is 25.9 Å². The van der Waals surface area contributed by atoms with E-state index in [0.29, 0.717) is 26.1 Å². The second kappa shape index (κ2) is 25.7. The minimum Gasteiger partial charge on any atom is -0.778 e. The maximum Gasteiger partial charge on any atom is 0.431 e. The van der Waals surface area contributed by atoms with Crippen LogP contribution in [-0.4, -0.2) is 94.4 Å². The van der Waals surface area contributed by atoms with Gasteiger partial charge in [0, 0.05) is 20.2 Å². The van der Waals surface area contributed by atoms with E-state index in [2.05, 4.69) is 32.6 Å². The van der Waals surface area contributed by atoms with E-state index in [-0.39, 0.29) is 34.8 Å². The maximum absolute atomic E-state index is 12.9. The Bertz CT molecular complexity index is 1970. The van der Waals surface area contributed by atoms with Crippen LogP contribution in [0.3, 0.4) is 0 Å². The third-order valence-corrected chi connectivity index (χ3v) is 8.06. The highest BCUT2D eigenvalue weighted by Gasteiger charge is 2.35. The van der Waals surface area contributed by atoms with Crippen LogP contribution in [0, 0.1) is 0 Å². The zero-order valence-electron chi connectivity index (χ0n) is 33.5. The molecule has 22 heteroatoms. The van der Waals surface area contributed by atoms with E-state index in [1.165, 1.54) is 12.1 Å². The Labute approximate surface area is 347 Å². The lowest BCUT2D eigenvalue weighted by Crippen LogP contribution is -2.40. The summed E-state index contributed by atoms with van der Waals surface area (Å²) in [6, 6.07) is 10.0. The summed E-state index contributed by atoms with van der Waals surface area (Å²) < 4.78 is 59.6. The number of esters is 1. The largest absolute Gasteiger partial charge is 0.778 e. The van der Waals surface area contributed by atoms with Gasteiger partial charge in [-0.1, -0.05) is 43.6 Å². The number of amides is 1. The zero-order chi connectivity index (χ0) is 45.1. The molecule has 58 heavy (non-hydrogen) atoms. The van der Waals surface area contributed by atoms with Gasteiger partial charge in [-0.25, -0.2) is 14.2 Å². The molecule has 0 bridgehead atoms. The van der Waals surface area contributed by atoms with Crippen molar-refractivity contribution in [1.29, 1.82) is 0 Å². The van der Waals surface area contributed by atoms with Gasteiger partial charge in [-0.2, -0.15) is 13.2 Å². The predicted octanol–water partition coefficient (Wildman–Crippen LogP) is 4.42. The number of hydrogen-bond acceptors (Lipinski definition) is 10. The Morgan fingerprint density at radius 3 is 2.00 bits per heavy atom. The van der Waals surface area contributed by atoms with Crippen LogP contribution >= 0.6 is 30.8 Å². The molecule has 3 aromatic rings. The summed E-state index contributed by atoms with van der Waals surface area (Å²) in [7, 11) is -1.24. The number of aliphatic carboxylic acids is 1. The Hall–Kier alpha value is -3.68. The number of anilines is 1. The van der Waals surface area contributed by atoms with E-state index < -0.39 is 61.6 Å². The Kier molecular flexibility index (Phi) is 24.1. The summed E-state index contributed by atoms with van der Waals surface area (Å²) in [6.45, 7) is 7.14. The van der Waals surface area contributed by atoms with Gasteiger partial charge in [-0.3, -0.25) is 29.2 Å². The number of hydrogen-bond donors (Lipinski definition) is 3. The second-order valence-corrected chi connectivity index (χ2v) is 17.2. The molecule has 0 fully saturated rings. The van der Waals surface area contributed by atoms with E-state index in [0.717, 1.165) is 42.8 Å². The number of nitrogens with one attached hydrogen (secondary N) is 1. The first-order valence-electron chi connectivity index (χ1n) is 17.1. The predicted molar refractivity (Wildman–Crippen MR) is 219 cm³/mol. The van der Waals surface area contributed by atoms with Gasteiger partial charge in [0.1, 0.15) is 25.9 Å². The van der Waals surface area contributed by atoms with Gasteiger partial charge in [0.2, 0.25) is 5.91 Å². The summed E-state index contributed by atoms with van der Waals surface area (Å²) in [5, 5.41) is 9.98. The Morgan fingerprint density at radius 2 is 1.59 bits per heavy atom. The number of para-hydroxylation sites is 1. The quantitative estimate of drug-likeness (QED) is 0.0717. The number of carboxylic acids is 1. The molecule has 1 atom stereocenters. The minimum atomic E-state index is -4.86. The van der Waals surface area contributed by atoms with Crippen LogP contribution in [0.1, 0.15) is 54.9 Å². The number of carbonyl (C=O) groups is 3. The van der Waals surface area contributed by atoms with E-state index in [1.807, 2.05) is 23.5 Å². The van der Waals surface area contributed by atoms with Crippen molar-refractivity contribution in [2.45, 2.75) is 52.8 Å². The van der Waals surface area contributed by atoms with Crippen molar-refractivity contribution in [1.82, 2.24) is 14.5 Å². The van der Waals surface area contributed by atoms with Gasteiger partial charge in [0.15, 0.2) is 0 Å². The molecule has 0 spiro atoms. The fraction of sp³-hybridized carbons (Fsp3) is 0.472. The van der Waals surface area contributed by atoms with E-state index >= 15 is 0 Å². The van der Waals surface area contributed by atoms with Crippen LogP contribution in [0.4, 0.5) is 18.9 Å². The maximum atomic E-state index is 12.9. The van der Waals surface area contributed by atoms with Crippen LogP contribution in [0.5, 0.6) is 0 Å². The molecular formula is C36H50Cl2F3N4O11PS. The third-order valence-electron chi connectivity index (χ3n) is 6.88. The van der Waals surface area contributed by atoms with E-state index in [4.69, 9.17) is 42.7 Å². The van der Waals surface area contributed by atoms with Crippen LogP contribution in [0.25, 0.3) is 5.69 Å². The van der Waals surface area contributed by atoms with Crippen LogP contribution in [0.2, 0.25) is 5.02 Å². The molecule has 1 unspecified atom stereocenters. The molecule has 0 aliphatic rings. The molecule has 0 radical (unpaired) electrons. The van der Waals surface area contributed by atoms with Gasteiger partial charge in [0.25, 0.3) is 5.56 Å². The molecule has 0 aliphatic carbocycles. The first kappa shape index (κ1) is 54.3. The highest BCUT2D eigenvalue weighted by atomic mass is 35.5. The van der Waals surface area contributed by atoms with Crippen molar-refractivity contribution in [3.8, 4) is 5.69 Å². The number of methoxy groups -OCH3 is 1. The molecule has 3 N–H and O–H groups in total. The van der Waals surface area contributed by atoms with Crippen LogP contribution in [0.15, 0.2) is 52.1 Å². The summed E-state index contributed by atoms with van der Waals surface area (Å²) in [5.41, 5.74) is -0.765. The highest BCUT2D eigenvalue weighted by Crippen LogP contribution is 2.29. The number of aromatic nitrogens is 2. The fourth-order valence-corrected chi connectivity index (χ4v) is 5.28. The van der Waals surface area contributed by atoms with Gasteiger partial charge < -0.3 is 28.9 Å². The standard InChI is InChI=1S/C16H14ClF3N2O4.C14H20ClNO2.C3H8NO5P.C3H9S/c1-8(2)26-14(24)10-6-9(4-5-11(10)17)22-13(23)7-12(16(18,19)20)21(3)15(22)25;1-4-11-7-6-8-12(5-2)14(11)16(10-18-3)13(17)9-15;5-3(6)1-4-2-10(7,8)9;1-4(2)3/h4-8H,1-3H3;6-8H,4-5,9-10H2,1-3H3;4H,1-2H2,(H,5,6)(H2,7,8,9);1-3H3/q;;;+1/p-1. The van der Waals surface area contributed by atoms with Crippen molar-refractivity contribution in [2.24, 2.45) is 7.05 Å². The molecule has 0 saturated heterocycles. The number of ether oxygens (including phenoxy) is 2. The van der Waals surface area contributed by atoms with Crippen molar-refractivity contribution >= 4 is 65.2 Å². The van der Waals surface area contributed by atoms with Crippen molar-refractivity contribution in [3.05, 3.63) is 90.7 Å². The summed E-state index contributed by atoms with van der Waals surface area (Å²) in [5.74, 6) is -2.13. The molecule has 3 rings (SSSR count). The van der Waals surface area contributed by atoms with Crippen molar-refractivity contribution in [3.63, 3.8) is 0 Å². The number of halogens is 5. The normalized spacial score (nSPS) is 11.9.